The summed E-state index contributed by atoms with van der Waals surface area (Å²) in [5.74, 6) is 0. The summed E-state index contributed by atoms with van der Waals surface area (Å²) in [5.41, 5.74) is 4.92. The van der Waals surface area contributed by atoms with Gasteiger partial charge in [-0.3, -0.25) is 15.5 Å². The third kappa shape index (κ3) is 4.07. The highest BCUT2D eigenvalue weighted by Crippen LogP contribution is 2.18. The second-order valence-electron chi connectivity index (χ2n) is 3.01. The van der Waals surface area contributed by atoms with Crippen LogP contribution in [0.3, 0.4) is 0 Å². The summed E-state index contributed by atoms with van der Waals surface area (Å²) in [4.78, 5) is 21.2. The molecule has 0 spiro atoms. The fourth-order valence-corrected chi connectivity index (χ4v) is 1.13. The minimum Gasteiger partial charge on any atom is -0.443 e. The van der Waals surface area contributed by atoms with Crippen molar-refractivity contribution in [3.8, 4) is 0 Å². The fraction of sp³-hybridized carbons (Fsp3) is 0.200. The van der Waals surface area contributed by atoms with Gasteiger partial charge in [0.15, 0.2) is 0 Å². The Balaban J connectivity index is 2.57. The van der Waals surface area contributed by atoms with Crippen molar-refractivity contribution in [2.24, 2.45) is 0 Å². The summed E-state index contributed by atoms with van der Waals surface area (Å²) in [6.45, 7) is 3.58. The summed E-state index contributed by atoms with van der Waals surface area (Å²) in [5, 5.41) is 10.7. The molecule has 1 rings (SSSR count). The van der Waals surface area contributed by atoms with Crippen molar-refractivity contribution in [2.75, 3.05) is 6.54 Å². The Kier molecular flexibility index (Phi) is 4.89. The van der Waals surface area contributed by atoms with Gasteiger partial charge in [0.2, 0.25) is 0 Å². The van der Waals surface area contributed by atoms with Crippen LogP contribution in [0, 0.1) is 17.0 Å². The number of para-hydroxylation sites is 1. The fourth-order valence-electron chi connectivity index (χ4n) is 1.13. The van der Waals surface area contributed by atoms with Gasteiger partial charge in [-0.2, -0.15) is 0 Å². The van der Waals surface area contributed by atoms with E-state index >= 15 is 0 Å². The second kappa shape index (κ2) is 6.44. The summed E-state index contributed by atoms with van der Waals surface area (Å²) >= 11 is 0. The van der Waals surface area contributed by atoms with E-state index in [0.717, 1.165) is 0 Å². The molecule has 0 heterocycles. The van der Waals surface area contributed by atoms with E-state index in [0.29, 0.717) is 12.1 Å². The van der Waals surface area contributed by atoms with Crippen molar-refractivity contribution in [2.45, 2.75) is 6.61 Å². The third-order valence-corrected chi connectivity index (χ3v) is 1.86. The zero-order valence-electron chi connectivity index (χ0n) is 9.01. The predicted octanol–water partition coefficient (Wildman–Crippen LogP) is 1.16. The molecule has 17 heavy (non-hydrogen) atoms. The van der Waals surface area contributed by atoms with Crippen LogP contribution in [-0.4, -0.2) is 17.6 Å². The maximum absolute atomic E-state index is 11.1. The molecule has 0 saturated heterocycles. The largest absolute Gasteiger partial charge is 0.443 e. The van der Waals surface area contributed by atoms with Gasteiger partial charge in [-0.15, -0.1) is 0 Å². The molecule has 91 valence electrons. The molecule has 1 radical (unpaired) electrons. The molecule has 0 aliphatic heterocycles. The van der Waals surface area contributed by atoms with Crippen LogP contribution in [0.1, 0.15) is 5.56 Å². The Morgan fingerprint density at radius 2 is 2.18 bits per heavy atom. The number of benzene rings is 1. The highest BCUT2D eigenvalue weighted by Gasteiger charge is 2.13. The Bertz CT molecular complexity index is 408. The molecule has 0 bridgehead atoms. The molecule has 0 unspecified atom stereocenters. The molecule has 1 amide bonds. The first-order valence-electron chi connectivity index (χ1n) is 4.82. The van der Waals surface area contributed by atoms with Crippen LogP contribution in [0.15, 0.2) is 24.3 Å². The smallest absolute Gasteiger partial charge is 0.421 e. The monoisotopic (exact) mass is 238 g/mol. The van der Waals surface area contributed by atoms with E-state index in [9.17, 15) is 14.9 Å². The molecule has 2 N–H and O–H groups in total. The second-order valence-corrected chi connectivity index (χ2v) is 3.01. The summed E-state index contributed by atoms with van der Waals surface area (Å²) in [6, 6.07) is 6.06. The minimum absolute atomic E-state index is 0.0783. The molecule has 1 aromatic carbocycles. The number of nitrogens with one attached hydrogen (secondary N) is 2. The number of nitrogens with zero attached hydrogens (tertiary/aromatic N) is 1. The maximum atomic E-state index is 11.1. The zero-order valence-corrected chi connectivity index (χ0v) is 9.01. The zero-order chi connectivity index (χ0) is 12.7. The van der Waals surface area contributed by atoms with Crippen LogP contribution in [-0.2, 0) is 11.3 Å². The van der Waals surface area contributed by atoms with E-state index in [4.69, 9.17) is 4.74 Å². The molecule has 0 aromatic heterocycles. The maximum Gasteiger partial charge on any atom is 0.421 e. The first-order chi connectivity index (χ1) is 8.15. The molecule has 0 aliphatic carbocycles. The number of amides is 1. The minimum atomic E-state index is -0.716. The average molecular weight is 238 g/mol. The number of hydrazine groups is 1. The van der Waals surface area contributed by atoms with Gasteiger partial charge in [-0.05, 0) is 13.0 Å². The molecule has 7 nitrogen and oxygen atoms in total. The molecule has 0 aliphatic rings. The number of hydrogen-bond acceptors (Lipinski definition) is 5. The molecule has 0 fully saturated rings. The summed E-state index contributed by atoms with van der Waals surface area (Å²) in [6.07, 6.45) is -0.716. The molecule has 1 aromatic rings. The Morgan fingerprint density at radius 1 is 1.47 bits per heavy atom. The Labute approximate surface area is 97.9 Å². The quantitative estimate of drug-likeness (QED) is 0.593. The third-order valence-electron chi connectivity index (χ3n) is 1.86. The van der Waals surface area contributed by atoms with Crippen LogP contribution in [0.2, 0.25) is 0 Å². The van der Waals surface area contributed by atoms with Crippen molar-refractivity contribution < 1.29 is 14.5 Å². The van der Waals surface area contributed by atoms with E-state index in [1.807, 2.05) is 0 Å². The van der Waals surface area contributed by atoms with Crippen molar-refractivity contribution in [3.05, 3.63) is 46.9 Å². The number of hydrogen-bond donors (Lipinski definition) is 2. The lowest BCUT2D eigenvalue weighted by molar-refractivity contribution is -0.385. The van der Waals surface area contributed by atoms with Gasteiger partial charge in [0.05, 0.1) is 10.5 Å². The van der Waals surface area contributed by atoms with Crippen LogP contribution in [0.4, 0.5) is 10.5 Å². The van der Waals surface area contributed by atoms with E-state index in [2.05, 4.69) is 17.8 Å². The number of carbonyl (C=O) groups is 1. The van der Waals surface area contributed by atoms with E-state index in [1.165, 1.54) is 12.1 Å². The van der Waals surface area contributed by atoms with Crippen molar-refractivity contribution in [3.63, 3.8) is 0 Å². The number of nitro groups is 1. The SMILES string of the molecule is [CH2]CNNC(=O)OCc1ccccc1[N+](=O)[O-]. The molecule has 7 heteroatoms. The van der Waals surface area contributed by atoms with Gasteiger partial charge in [-0.1, -0.05) is 12.1 Å². The lowest BCUT2D eigenvalue weighted by Crippen LogP contribution is -2.37. The number of rotatable bonds is 5. The van der Waals surface area contributed by atoms with E-state index in [-0.39, 0.29) is 12.3 Å². The first-order valence-corrected chi connectivity index (χ1v) is 4.82. The van der Waals surface area contributed by atoms with Crippen molar-refractivity contribution in [1.29, 1.82) is 0 Å². The Hall–Kier alpha value is -2.15. The van der Waals surface area contributed by atoms with Crippen LogP contribution < -0.4 is 10.9 Å². The van der Waals surface area contributed by atoms with Gasteiger partial charge < -0.3 is 4.74 Å². The van der Waals surface area contributed by atoms with Crippen LogP contribution >= 0.6 is 0 Å². The lowest BCUT2D eigenvalue weighted by atomic mass is 10.2. The van der Waals surface area contributed by atoms with Crippen molar-refractivity contribution >= 4 is 11.8 Å². The molecule has 0 atom stereocenters. The lowest BCUT2D eigenvalue weighted by Gasteiger charge is -2.06. The van der Waals surface area contributed by atoms with Crippen molar-refractivity contribution in [1.82, 2.24) is 10.9 Å². The van der Waals surface area contributed by atoms with Crippen LogP contribution in [0.5, 0.6) is 0 Å². The van der Waals surface area contributed by atoms with Gasteiger partial charge >= 0.3 is 6.09 Å². The topological polar surface area (TPSA) is 93.5 Å². The standard InChI is InChI=1S/C10H12N3O4/c1-2-11-12-10(14)17-7-8-5-3-4-6-9(8)13(15)16/h3-6,11H,1-2,7H2,(H,12,14). The van der Waals surface area contributed by atoms with Gasteiger partial charge in [0, 0.05) is 12.6 Å². The van der Waals surface area contributed by atoms with Crippen LogP contribution in [0.25, 0.3) is 0 Å². The highest BCUT2D eigenvalue weighted by atomic mass is 16.6. The number of carbonyl (C=O) groups excluding carboxylic acids is 1. The summed E-state index contributed by atoms with van der Waals surface area (Å²) < 4.78 is 4.78. The van der Waals surface area contributed by atoms with Gasteiger partial charge in [-0.25, -0.2) is 10.2 Å². The normalized spacial score (nSPS) is 9.71. The van der Waals surface area contributed by atoms with Gasteiger partial charge in [0.25, 0.3) is 5.69 Å². The predicted molar refractivity (Wildman–Crippen MR) is 59.8 cm³/mol. The first kappa shape index (κ1) is 12.9. The molecule has 0 saturated carbocycles. The highest BCUT2D eigenvalue weighted by molar-refractivity contribution is 5.66. The average Bonchev–Trinajstić information content (AvgIpc) is 2.34. The van der Waals surface area contributed by atoms with Gasteiger partial charge in [0.1, 0.15) is 6.61 Å². The molecular weight excluding hydrogens is 226 g/mol. The number of nitro benzene ring substituents is 1. The Morgan fingerprint density at radius 3 is 2.82 bits per heavy atom. The molecular formula is C10H12N3O4. The summed E-state index contributed by atoms with van der Waals surface area (Å²) in [7, 11) is 0. The van der Waals surface area contributed by atoms with E-state index < -0.39 is 11.0 Å². The number of ether oxygens (including phenoxy) is 1. The van der Waals surface area contributed by atoms with E-state index in [1.54, 1.807) is 12.1 Å².